The Morgan fingerprint density at radius 1 is 1.39 bits per heavy atom. The van der Waals surface area contributed by atoms with Gasteiger partial charge in [0, 0.05) is 11.7 Å². The second-order valence-electron chi connectivity index (χ2n) is 5.08. The van der Waals surface area contributed by atoms with Gasteiger partial charge in [-0.15, -0.1) is 0 Å². The average molecular weight is 320 g/mol. The van der Waals surface area contributed by atoms with Gasteiger partial charge in [0.1, 0.15) is 0 Å². The lowest BCUT2D eigenvalue weighted by atomic mass is 9.77. The fraction of sp³-hybridized carbons (Fsp3) is 0.545. The molecule has 7 heteroatoms. The maximum absolute atomic E-state index is 13.0. The minimum atomic E-state index is -1.30. The second-order valence-corrected chi connectivity index (χ2v) is 5.94. The van der Waals surface area contributed by atoms with E-state index in [4.69, 9.17) is 4.65 Å². The lowest BCUT2D eigenvalue weighted by molar-refractivity contribution is -0.0982. The molecule has 0 amide bonds. The van der Waals surface area contributed by atoms with E-state index >= 15 is 0 Å². The molecule has 0 saturated heterocycles. The molecular formula is C11H16BBrFNO3. The predicted molar refractivity (Wildman–Crippen MR) is 71.0 cm³/mol. The zero-order chi connectivity index (χ0) is 14.1. The predicted octanol–water partition coefficient (Wildman–Crippen LogP) is 1.24. The molecule has 0 fully saturated rings. The van der Waals surface area contributed by atoms with E-state index in [1.807, 2.05) is 0 Å². The van der Waals surface area contributed by atoms with E-state index in [-0.39, 0.29) is 4.47 Å². The third-order valence-corrected chi connectivity index (χ3v) is 3.54. The van der Waals surface area contributed by atoms with E-state index in [0.717, 1.165) is 0 Å². The lowest BCUT2D eigenvalue weighted by Crippen LogP contribution is -2.53. The molecule has 1 heterocycles. The van der Waals surface area contributed by atoms with Gasteiger partial charge in [0.25, 0.3) is 0 Å². The van der Waals surface area contributed by atoms with Gasteiger partial charge in [-0.05, 0) is 49.7 Å². The Kier molecular flexibility index (Phi) is 4.53. The summed E-state index contributed by atoms with van der Waals surface area (Å²) in [7, 11) is -1.30. The normalized spacial score (nSPS) is 12.7. The summed E-state index contributed by atoms with van der Waals surface area (Å²) in [6.07, 6.45) is 1.19. The van der Waals surface area contributed by atoms with E-state index in [1.54, 1.807) is 27.7 Å². The molecule has 0 bridgehead atoms. The summed E-state index contributed by atoms with van der Waals surface area (Å²) in [5, 5.41) is 19.8. The van der Waals surface area contributed by atoms with Gasteiger partial charge in [-0.1, -0.05) is 0 Å². The topological polar surface area (TPSA) is 62.6 Å². The van der Waals surface area contributed by atoms with Crippen LogP contribution >= 0.6 is 15.9 Å². The Morgan fingerprint density at radius 2 is 1.94 bits per heavy atom. The number of aromatic nitrogens is 1. The van der Waals surface area contributed by atoms with Crippen LogP contribution in [0.4, 0.5) is 4.39 Å². The van der Waals surface area contributed by atoms with Gasteiger partial charge in [-0.25, -0.2) is 4.98 Å². The summed E-state index contributed by atoms with van der Waals surface area (Å²) < 4.78 is 18.5. The summed E-state index contributed by atoms with van der Waals surface area (Å²) in [4.78, 5) is 3.48. The van der Waals surface area contributed by atoms with Crippen molar-refractivity contribution in [3.63, 3.8) is 0 Å². The number of pyridine rings is 1. The van der Waals surface area contributed by atoms with Gasteiger partial charge in [0.2, 0.25) is 5.95 Å². The summed E-state index contributed by atoms with van der Waals surface area (Å²) in [5.74, 6) is -0.660. The molecule has 100 valence electrons. The third kappa shape index (κ3) is 3.51. The number of nitrogens with zero attached hydrogens (tertiary/aromatic N) is 1. The Balaban J connectivity index is 2.89. The summed E-state index contributed by atoms with van der Waals surface area (Å²) in [5.41, 5.74) is -1.81. The summed E-state index contributed by atoms with van der Waals surface area (Å²) in [6.45, 7) is 6.47. The maximum Gasteiger partial charge on any atom is 0.493 e. The monoisotopic (exact) mass is 319 g/mol. The standard InChI is InChI=1S/C11H16BBrFNO3/c1-10(2,16)11(3,4)18-12(17)7-5-8(13)9(14)15-6-7/h5-6,16-17H,1-4H3. The van der Waals surface area contributed by atoms with Crippen molar-refractivity contribution in [3.05, 3.63) is 22.7 Å². The molecule has 1 aromatic rings. The lowest BCUT2D eigenvalue weighted by Gasteiger charge is -2.38. The highest BCUT2D eigenvalue weighted by Crippen LogP contribution is 2.25. The highest BCUT2D eigenvalue weighted by Gasteiger charge is 2.39. The van der Waals surface area contributed by atoms with Crippen LogP contribution < -0.4 is 5.46 Å². The molecule has 0 aliphatic carbocycles. The first kappa shape index (κ1) is 15.6. The van der Waals surface area contributed by atoms with Gasteiger partial charge in [0.05, 0.1) is 15.7 Å². The van der Waals surface area contributed by atoms with Crippen LogP contribution in [0.25, 0.3) is 0 Å². The molecule has 2 N–H and O–H groups in total. The van der Waals surface area contributed by atoms with Crippen LogP contribution in [0, 0.1) is 5.95 Å². The molecule has 0 radical (unpaired) electrons. The van der Waals surface area contributed by atoms with Crippen molar-refractivity contribution in [1.82, 2.24) is 4.98 Å². The third-order valence-electron chi connectivity index (χ3n) is 2.98. The van der Waals surface area contributed by atoms with Crippen LogP contribution in [0.15, 0.2) is 16.7 Å². The smallest absolute Gasteiger partial charge is 0.423 e. The zero-order valence-corrected chi connectivity index (χ0v) is 12.3. The number of halogens is 2. The maximum atomic E-state index is 13.0. The minimum Gasteiger partial charge on any atom is -0.423 e. The van der Waals surface area contributed by atoms with Gasteiger partial charge in [0.15, 0.2) is 0 Å². The molecule has 0 atom stereocenters. The molecule has 0 saturated carbocycles. The summed E-state index contributed by atoms with van der Waals surface area (Å²) in [6, 6.07) is 1.38. The van der Waals surface area contributed by atoms with Crippen molar-refractivity contribution in [2.75, 3.05) is 0 Å². The average Bonchev–Trinajstić information content (AvgIpc) is 2.19. The first-order valence-electron chi connectivity index (χ1n) is 5.44. The van der Waals surface area contributed by atoms with E-state index in [0.29, 0.717) is 5.46 Å². The molecule has 0 aromatic carbocycles. The number of aliphatic hydroxyl groups is 1. The fourth-order valence-corrected chi connectivity index (χ4v) is 1.43. The number of hydrogen-bond acceptors (Lipinski definition) is 4. The van der Waals surface area contributed by atoms with Crippen molar-refractivity contribution in [1.29, 1.82) is 0 Å². The van der Waals surface area contributed by atoms with Crippen LogP contribution in [0.1, 0.15) is 27.7 Å². The van der Waals surface area contributed by atoms with Crippen molar-refractivity contribution < 1.29 is 19.2 Å². The SMILES string of the molecule is CC(C)(O)C(C)(C)OB(O)c1cnc(F)c(Br)c1. The molecular weight excluding hydrogens is 304 g/mol. The Labute approximate surface area is 114 Å². The first-order valence-corrected chi connectivity index (χ1v) is 6.23. The molecule has 0 aliphatic heterocycles. The van der Waals surface area contributed by atoms with Gasteiger partial charge < -0.3 is 14.8 Å². The Morgan fingerprint density at radius 3 is 2.39 bits per heavy atom. The Bertz CT molecular complexity index is 437. The molecule has 0 spiro atoms. The van der Waals surface area contributed by atoms with Crippen molar-refractivity contribution >= 4 is 28.5 Å². The molecule has 4 nitrogen and oxygen atoms in total. The van der Waals surface area contributed by atoms with Crippen LogP contribution in [-0.4, -0.2) is 33.4 Å². The second kappa shape index (κ2) is 5.24. The molecule has 1 rings (SSSR count). The highest BCUT2D eigenvalue weighted by molar-refractivity contribution is 9.10. The number of hydrogen-bond donors (Lipinski definition) is 2. The number of rotatable bonds is 4. The quantitative estimate of drug-likeness (QED) is 0.647. The van der Waals surface area contributed by atoms with Crippen LogP contribution in [0.2, 0.25) is 0 Å². The van der Waals surface area contributed by atoms with Crippen molar-refractivity contribution in [2.45, 2.75) is 38.9 Å². The van der Waals surface area contributed by atoms with Crippen LogP contribution in [0.3, 0.4) is 0 Å². The Hall–Kier alpha value is -0.495. The largest absolute Gasteiger partial charge is 0.493 e. The fourth-order valence-electron chi connectivity index (χ4n) is 1.06. The van der Waals surface area contributed by atoms with E-state index in [1.165, 1.54) is 12.3 Å². The van der Waals surface area contributed by atoms with Crippen molar-refractivity contribution in [2.24, 2.45) is 0 Å². The van der Waals surface area contributed by atoms with E-state index < -0.39 is 24.3 Å². The van der Waals surface area contributed by atoms with E-state index in [2.05, 4.69) is 20.9 Å². The van der Waals surface area contributed by atoms with Crippen molar-refractivity contribution in [3.8, 4) is 0 Å². The van der Waals surface area contributed by atoms with Crippen LogP contribution in [0.5, 0.6) is 0 Å². The first-order chi connectivity index (χ1) is 8.04. The van der Waals surface area contributed by atoms with E-state index in [9.17, 15) is 14.5 Å². The van der Waals surface area contributed by atoms with Gasteiger partial charge >= 0.3 is 7.12 Å². The summed E-state index contributed by atoms with van der Waals surface area (Å²) >= 11 is 2.98. The van der Waals surface area contributed by atoms with Gasteiger partial charge in [-0.3, -0.25) is 0 Å². The molecule has 18 heavy (non-hydrogen) atoms. The highest BCUT2D eigenvalue weighted by atomic mass is 79.9. The molecule has 0 aliphatic rings. The minimum absolute atomic E-state index is 0.142. The zero-order valence-electron chi connectivity index (χ0n) is 10.7. The van der Waals surface area contributed by atoms with Gasteiger partial charge in [-0.2, -0.15) is 4.39 Å². The van der Waals surface area contributed by atoms with Crippen LogP contribution in [-0.2, 0) is 4.65 Å². The molecule has 0 unspecified atom stereocenters. The molecule has 1 aromatic heterocycles.